The summed E-state index contributed by atoms with van der Waals surface area (Å²) in [6, 6.07) is 7.91. The number of hydrogen-bond acceptors (Lipinski definition) is 5. The summed E-state index contributed by atoms with van der Waals surface area (Å²) >= 11 is 0. The summed E-state index contributed by atoms with van der Waals surface area (Å²) in [6.45, 7) is 4.00. The van der Waals surface area contributed by atoms with Crippen LogP contribution in [0.5, 0.6) is 23.0 Å². The van der Waals surface area contributed by atoms with Gasteiger partial charge in [-0.15, -0.1) is 0 Å². The molecule has 0 spiro atoms. The highest BCUT2D eigenvalue weighted by atomic mass is 16.5. The standard InChI is InChI=1S/C20H18O5/c1-20(2)8-7-13-16(25-20)9-15(22)17-18(23)14(10-24-19(13)17)11-3-5-12(21)6-4-11/h3-9,14,21-22H,10H2,1-2H3. The molecule has 5 nitrogen and oxygen atoms in total. The Labute approximate surface area is 145 Å². The van der Waals surface area contributed by atoms with Crippen LogP contribution in [-0.4, -0.2) is 28.2 Å². The molecule has 2 aromatic rings. The molecule has 0 amide bonds. The van der Waals surface area contributed by atoms with E-state index in [1.807, 2.05) is 26.0 Å². The third-order valence-electron chi connectivity index (χ3n) is 4.54. The molecule has 128 valence electrons. The van der Waals surface area contributed by atoms with Crippen LogP contribution < -0.4 is 9.47 Å². The van der Waals surface area contributed by atoms with Crippen LogP contribution in [0.4, 0.5) is 0 Å². The van der Waals surface area contributed by atoms with Crippen LogP contribution >= 0.6 is 0 Å². The van der Waals surface area contributed by atoms with Gasteiger partial charge in [0, 0.05) is 6.07 Å². The van der Waals surface area contributed by atoms with E-state index in [4.69, 9.17) is 9.47 Å². The van der Waals surface area contributed by atoms with E-state index in [9.17, 15) is 15.0 Å². The summed E-state index contributed by atoms with van der Waals surface area (Å²) < 4.78 is 11.7. The number of carbonyl (C=O) groups excluding carboxylic acids is 1. The molecule has 2 aliphatic heterocycles. The van der Waals surface area contributed by atoms with Crippen LogP contribution in [0.1, 0.15) is 41.3 Å². The number of phenols is 2. The van der Waals surface area contributed by atoms with Gasteiger partial charge in [0.2, 0.25) is 0 Å². The summed E-state index contributed by atoms with van der Waals surface area (Å²) in [4.78, 5) is 13.0. The van der Waals surface area contributed by atoms with Crippen molar-refractivity contribution in [2.24, 2.45) is 0 Å². The maximum Gasteiger partial charge on any atom is 0.181 e. The van der Waals surface area contributed by atoms with Gasteiger partial charge in [-0.25, -0.2) is 0 Å². The quantitative estimate of drug-likeness (QED) is 0.830. The fourth-order valence-corrected chi connectivity index (χ4v) is 3.24. The van der Waals surface area contributed by atoms with Gasteiger partial charge in [-0.1, -0.05) is 12.1 Å². The van der Waals surface area contributed by atoms with E-state index < -0.39 is 11.5 Å². The fraction of sp³-hybridized carbons (Fsp3) is 0.250. The molecule has 2 aromatic carbocycles. The van der Waals surface area contributed by atoms with E-state index in [0.717, 1.165) is 5.56 Å². The molecular weight excluding hydrogens is 320 g/mol. The lowest BCUT2D eigenvalue weighted by Gasteiger charge is -2.32. The van der Waals surface area contributed by atoms with E-state index in [1.165, 1.54) is 18.2 Å². The van der Waals surface area contributed by atoms with Crippen molar-refractivity contribution in [3.05, 3.63) is 53.1 Å². The van der Waals surface area contributed by atoms with Gasteiger partial charge in [0.25, 0.3) is 0 Å². The second-order valence-electron chi connectivity index (χ2n) is 6.87. The van der Waals surface area contributed by atoms with Crippen molar-refractivity contribution < 1.29 is 24.5 Å². The highest BCUT2D eigenvalue weighted by Gasteiger charge is 2.36. The summed E-state index contributed by atoms with van der Waals surface area (Å²) in [5.41, 5.74) is 1.10. The van der Waals surface area contributed by atoms with Crippen molar-refractivity contribution in [2.75, 3.05) is 6.61 Å². The molecule has 0 fully saturated rings. The molecule has 0 saturated carbocycles. The highest BCUT2D eigenvalue weighted by molar-refractivity contribution is 6.07. The van der Waals surface area contributed by atoms with Crippen molar-refractivity contribution in [3.63, 3.8) is 0 Å². The monoisotopic (exact) mass is 338 g/mol. The molecule has 2 heterocycles. The Morgan fingerprint density at radius 2 is 1.88 bits per heavy atom. The average molecular weight is 338 g/mol. The molecule has 2 N–H and O–H groups in total. The Balaban J connectivity index is 1.79. The molecule has 0 radical (unpaired) electrons. The highest BCUT2D eigenvalue weighted by Crippen LogP contribution is 2.47. The van der Waals surface area contributed by atoms with Crippen LogP contribution in [0.15, 0.2) is 36.4 Å². The molecule has 0 aromatic heterocycles. The second kappa shape index (κ2) is 5.28. The van der Waals surface area contributed by atoms with Crippen LogP contribution in [0.3, 0.4) is 0 Å². The number of benzene rings is 2. The van der Waals surface area contributed by atoms with Crippen LogP contribution in [0, 0.1) is 0 Å². The van der Waals surface area contributed by atoms with E-state index in [1.54, 1.807) is 12.1 Å². The number of rotatable bonds is 1. The molecule has 0 saturated heterocycles. The van der Waals surface area contributed by atoms with Gasteiger partial charge in [0.05, 0.1) is 11.5 Å². The predicted octanol–water partition coefficient (Wildman–Crippen LogP) is 3.64. The molecule has 2 aliphatic rings. The van der Waals surface area contributed by atoms with Gasteiger partial charge in [0.1, 0.15) is 40.8 Å². The van der Waals surface area contributed by atoms with E-state index >= 15 is 0 Å². The second-order valence-corrected chi connectivity index (χ2v) is 6.87. The summed E-state index contributed by atoms with van der Waals surface area (Å²) in [5.74, 6) is 0.123. The van der Waals surface area contributed by atoms with Gasteiger partial charge in [-0.3, -0.25) is 4.79 Å². The number of aromatic hydroxyl groups is 2. The first-order valence-corrected chi connectivity index (χ1v) is 8.10. The zero-order valence-electron chi connectivity index (χ0n) is 13.9. The van der Waals surface area contributed by atoms with Gasteiger partial charge < -0.3 is 19.7 Å². The summed E-state index contributed by atoms with van der Waals surface area (Å²) in [7, 11) is 0. The molecule has 0 bridgehead atoms. The molecule has 25 heavy (non-hydrogen) atoms. The third kappa shape index (κ3) is 2.52. The first kappa shape index (κ1) is 15.6. The lowest BCUT2D eigenvalue weighted by Crippen LogP contribution is -2.30. The smallest absolute Gasteiger partial charge is 0.181 e. The van der Waals surface area contributed by atoms with E-state index in [0.29, 0.717) is 17.1 Å². The molecule has 1 unspecified atom stereocenters. The summed E-state index contributed by atoms with van der Waals surface area (Å²) in [5, 5.41) is 19.8. The molecule has 5 heteroatoms. The Morgan fingerprint density at radius 1 is 1.16 bits per heavy atom. The van der Waals surface area contributed by atoms with Crippen molar-refractivity contribution in [3.8, 4) is 23.0 Å². The number of ketones is 1. The van der Waals surface area contributed by atoms with Gasteiger partial charge in [-0.2, -0.15) is 0 Å². The van der Waals surface area contributed by atoms with Gasteiger partial charge in [-0.05, 0) is 43.7 Å². The topological polar surface area (TPSA) is 76.0 Å². The van der Waals surface area contributed by atoms with Crippen LogP contribution in [0.2, 0.25) is 0 Å². The largest absolute Gasteiger partial charge is 0.508 e. The number of fused-ring (bicyclic) bond motifs is 3. The number of ether oxygens (including phenoxy) is 2. The Kier molecular flexibility index (Phi) is 3.29. The van der Waals surface area contributed by atoms with Crippen molar-refractivity contribution >= 4 is 11.9 Å². The minimum absolute atomic E-state index is 0.134. The van der Waals surface area contributed by atoms with E-state index in [-0.39, 0.29) is 29.5 Å². The zero-order valence-corrected chi connectivity index (χ0v) is 13.9. The van der Waals surface area contributed by atoms with Crippen molar-refractivity contribution in [1.29, 1.82) is 0 Å². The normalized spacial score (nSPS) is 20.2. The van der Waals surface area contributed by atoms with Gasteiger partial charge >= 0.3 is 0 Å². The number of hydrogen-bond donors (Lipinski definition) is 2. The maximum atomic E-state index is 13.0. The van der Waals surface area contributed by atoms with E-state index in [2.05, 4.69) is 0 Å². The first-order chi connectivity index (χ1) is 11.9. The average Bonchev–Trinajstić information content (AvgIpc) is 2.55. The van der Waals surface area contributed by atoms with Crippen LogP contribution in [0.25, 0.3) is 6.08 Å². The Morgan fingerprint density at radius 3 is 2.60 bits per heavy atom. The Hall–Kier alpha value is -2.95. The molecule has 4 rings (SSSR count). The Bertz CT molecular complexity index is 893. The number of carbonyl (C=O) groups is 1. The predicted molar refractivity (Wildman–Crippen MR) is 92.5 cm³/mol. The molecular formula is C20H18O5. The summed E-state index contributed by atoms with van der Waals surface area (Å²) in [6.07, 6.45) is 3.76. The lowest BCUT2D eigenvalue weighted by molar-refractivity contribution is 0.0890. The first-order valence-electron chi connectivity index (χ1n) is 8.10. The SMILES string of the molecule is CC1(C)C=Cc2c(cc(O)c3c2OCC(c2ccc(O)cc2)C3=O)O1. The molecule has 1 atom stereocenters. The maximum absolute atomic E-state index is 13.0. The minimum atomic E-state index is -0.526. The minimum Gasteiger partial charge on any atom is -0.508 e. The zero-order chi connectivity index (χ0) is 17.8. The lowest BCUT2D eigenvalue weighted by atomic mass is 9.86. The fourth-order valence-electron chi connectivity index (χ4n) is 3.24. The molecule has 0 aliphatic carbocycles. The number of Topliss-reactive ketones (excluding diaryl/α,β-unsaturated/α-hetero) is 1. The van der Waals surface area contributed by atoms with Gasteiger partial charge in [0.15, 0.2) is 5.78 Å². The van der Waals surface area contributed by atoms with Crippen molar-refractivity contribution in [1.82, 2.24) is 0 Å². The van der Waals surface area contributed by atoms with Crippen molar-refractivity contribution in [2.45, 2.75) is 25.4 Å². The third-order valence-corrected chi connectivity index (χ3v) is 4.54. The number of phenolic OH excluding ortho intramolecular Hbond substituents is 2. The van der Waals surface area contributed by atoms with Crippen LogP contribution in [-0.2, 0) is 0 Å².